The number of hydrogen-bond donors (Lipinski definition) is 0. The van der Waals surface area contributed by atoms with Crippen molar-refractivity contribution in [2.75, 3.05) is 13.7 Å². The van der Waals surface area contributed by atoms with E-state index in [9.17, 15) is 0 Å². The quantitative estimate of drug-likeness (QED) is 0.311. The molecule has 1 heterocycles. The molecule has 1 fully saturated rings. The van der Waals surface area contributed by atoms with Gasteiger partial charge in [0.05, 0.1) is 38.3 Å². The summed E-state index contributed by atoms with van der Waals surface area (Å²) in [6.07, 6.45) is -2.21. The highest BCUT2D eigenvalue weighted by atomic mass is 35.5. The minimum atomic E-state index is -1.12. The van der Waals surface area contributed by atoms with Gasteiger partial charge >= 0.3 is 0 Å². The van der Waals surface area contributed by atoms with Crippen molar-refractivity contribution in [2.24, 2.45) is 0 Å². The Kier molecular flexibility index (Phi) is 9.90. The maximum absolute atomic E-state index is 6.54. The molecule has 0 radical (unpaired) electrons. The van der Waals surface area contributed by atoms with Crippen LogP contribution < -0.4 is 0 Å². The molecule has 36 heavy (non-hydrogen) atoms. The molecule has 0 spiro atoms. The van der Waals surface area contributed by atoms with Gasteiger partial charge in [0.2, 0.25) is 0 Å². The fraction of sp³-hybridized carbons (Fsp3) is 0.379. The predicted molar refractivity (Wildman–Crippen MR) is 137 cm³/mol. The van der Waals surface area contributed by atoms with Gasteiger partial charge in [-0.25, -0.2) is 0 Å². The molecular weight excluding hydrogens is 480 g/mol. The van der Waals surface area contributed by atoms with Crippen LogP contribution in [0.4, 0.5) is 0 Å². The van der Waals surface area contributed by atoms with Gasteiger partial charge in [-0.05, 0) is 23.6 Å². The third kappa shape index (κ3) is 6.93. The Labute approximate surface area is 218 Å². The maximum atomic E-state index is 6.54. The van der Waals surface area contributed by atoms with Gasteiger partial charge in [0.1, 0.15) is 24.4 Å². The molecule has 0 amide bonds. The van der Waals surface area contributed by atoms with Crippen LogP contribution in [-0.4, -0.2) is 43.9 Å². The number of rotatable bonds is 12. The Morgan fingerprint density at radius 2 is 1.14 bits per heavy atom. The summed E-state index contributed by atoms with van der Waals surface area (Å²) in [4.78, 5) is 0. The zero-order valence-corrected chi connectivity index (χ0v) is 21.4. The van der Waals surface area contributed by atoms with Crippen LogP contribution in [-0.2, 0) is 47.8 Å². The average molecular weight is 513 g/mol. The van der Waals surface area contributed by atoms with Crippen LogP contribution in [0.3, 0.4) is 0 Å². The van der Waals surface area contributed by atoms with E-state index in [2.05, 4.69) is 0 Å². The number of benzene rings is 3. The summed E-state index contributed by atoms with van der Waals surface area (Å²) in [5.74, 6) is -1.12. The molecule has 5 atom stereocenters. The number of hydrogen-bond acceptors (Lipinski definition) is 6. The van der Waals surface area contributed by atoms with Crippen molar-refractivity contribution in [1.29, 1.82) is 0 Å². The fourth-order valence-electron chi connectivity index (χ4n) is 4.40. The van der Waals surface area contributed by atoms with Crippen molar-refractivity contribution in [3.63, 3.8) is 0 Å². The molecule has 0 aromatic heterocycles. The van der Waals surface area contributed by atoms with E-state index >= 15 is 0 Å². The lowest BCUT2D eigenvalue weighted by Crippen LogP contribution is -2.66. The molecule has 192 valence electrons. The van der Waals surface area contributed by atoms with E-state index in [0.717, 1.165) is 16.7 Å². The van der Waals surface area contributed by atoms with Crippen LogP contribution in [0.25, 0.3) is 0 Å². The molecule has 7 heteroatoms. The molecule has 4 rings (SSSR count). The molecule has 0 saturated carbocycles. The van der Waals surface area contributed by atoms with E-state index in [4.69, 9.17) is 39.8 Å². The highest BCUT2D eigenvalue weighted by Crippen LogP contribution is 2.37. The molecule has 0 N–H and O–H groups in total. The van der Waals surface area contributed by atoms with Crippen molar-refractivity contribution >= 4 is 11.9 Å². The first-order valence-corrected chi connectivity index (χ1v) is 12.4. The predicted octanol–water partition coefficient (Wildman–Crippen LogP) is 5.67. The summed E-state index contributed by atoms with van der Waals surface area (Å²) in [6.45, 7) is 3.04. The van der Waals surface area contributed by atoms with Crippen LogP contribution in [0.2, 0.25) is 0 Å². The van der Waals surface area contributed by atoms with Gasteiger partial charge in [0.15, 0.2) is 5.79 Å². The van der Waals surface area contributed by atoms with Gasteiger partial charge in [-0.15, -0.1) is 0 Å². The Morgan fingerprint density at radius 1 is 0.694 bits per heavy atom. The molecule has 3 aromatic rings. The molecule has 0 aliphatic carbocycles. The minimum Gasteiger partial charge on any atom is -0.368 e. The molecule has 0 bridgehead atoms. The van der Waals surface area contributed by atoms with Crippen molar-refractivity contribution in [2.45, 2.75) is 56.9 Å². The molecule has 1 saturated heterocycles. The van der Waals surface area contributed by atoms with Crippen LogP contribution in [0.1, 0.15) is 23.6 Å². The topological polar surface area (TPSA) is 55.4 Å². The van der Waals surface area contributed by atoms with Crippen LogP contribution in [0.5, 0.6) is 0 Å². The second kappa shape index (κ2) is 13.3. The summed E-state index contributed by atoms with van der Waals surface area (Å²) >= 11 is 5.70. The van der Waals surface area contributed by atoms with E-state index in [-0.39, 0.29) is 6.61 Å². The molecule has 3 aromatic carbocycles. The van der Waals surface area contributed by atoms with Gasteiger partial charge in [-0.3, -0.25) is 4.29 Å². The van der Waals surface area contributed by atoms with Crippen LogP contribution >= 0.6 is 11.9 Å². The van der Waals surface area contributed by atoms with E-state index in [1.54, 1.807) is 7.11 Å². The monoisotopic (exact) mass is 512 g/mol. The lowest BCUT2D eigenvalue weighted by molar-refractivity contribution is -0.368. The molecule has 0 unspecified atom stereocenters. The van der Waals surface area contributed by atoms with Gasteiger partial charge < -0.3 is 23.7 Å². The summed E-state index contributed by atoms with van der Waals surface area (Å²) < 4.78 is 36.7. The van der Waals surface area contributed by atoms with Crippen molar-refractivity contribution in [3.05, 3.63) is 108 Å². The molecule has 1 aliphatic heterocycles. The Bertz CT molecular complexity index is 1020. The third-order valence-electron chi connectivity index (χ3n) is 6.37. The standard InChI is InChI=1S/C29H33ClO6/c1-29(31-2)28(34-20-24-16-10-5-11-17-24)27(33-19-23-14-8-4-9-15-23)26(25(36-29)21-35-30)32-18-22-12-6-3-7-13-22/h3-17,25-28H,18-21H2,1-2H3/t25-,26-,27+,28-,29+/m1/s1. The van der Waals surface area contributed by atoms with E-state index < -0.39 is 30.2 Å². The van der Waals surface area contributed by atoms with Gasteiger partial charge in [0, 0.05) is 7.11 Å². The van der Waals surface area contributed by atoms with Crippen LogP contribution in [0.15, 0.2) is 91.0 Å². The number of halogens is 1. The zero-order valence-electron chi connectivity index (χ0n) is 20.6. The third-order valence-corrected chi connectivity index (χ3v) is 6.49. The van der Waals surface area contributed by atoms with Crippen molar-refractivity contribution < 1.29 is 28.0 Å². The zero-order chi connectivity index (χ0) is 25.2. The van der Waals surface area contributed by atoms with Crippen molar-refractivity contribution in [3.8, 4) is 0 Å². The lowest BCUT2D eigenvalue weighted by Gasteiger charge is -2.50. The van der Waals surface area contributed by atoms with Crippen LogP contribution in [0, 0.1) is 0 Å². The Hall–Kier alpha value is -2.29. The summed E-state index contributed by atoms with van der Waals surface area (Å²) in [7, 11) is 1.59. The second-order valence-electron chi connectivity index (χ2n) is 8.89. The van der Waals surface area contributed by atoms with Gasteiger partial charge in [-0.1, -0.05) is 91.0 Å². The highest BCUT2D eigenvalue weighted by Gasteiger charge is 2.55. The molecular formula is C29H33ClO6. The van der Waals surface area contributed by atoms with E-state index in [1.807, 2.05) is 97.9 Å². The largest absolute Gasteiger partial charge is 0.368 e. The Balaban J connectivity index is 1.62. The van der Waals surface area contributed by atoms with E-state index in [1.165, 1.54) is 0 Å². The normalized spacial score (nSPS) is 26.1. The SMILES string of the molecule is CO[C@@]1(C)O[C@H](COCl)[C@@H](OCc2ccccc2)[C@H](OCc2ccccc2)[C@H]1OCc1ccccc1. The van der Waals surface area contributed by atoms with Gasteiger partial charge in [0.25, 0.3) is 0 Å². The first-order valence-electron chi connectivity index (χ1n) is 12.1. The lowest BCUT2D eigenvalue weighted by atomic mass is 9.92. The Morgan fingerprint density at radius 3 is 1.58 bits per heavy atom. The summed E-state index contributed by atoms with van der Waals surface area (Å²) in [6, 6.07) is 29.9. The smallest absolute Gasteiger partial charge is 0.194 e. The highest BCUT2D eigenvalue weighted by molar-refractivity contribution is 6.07. The van der Waals surface area contributed by atoms with Gasteiger partial charge in [-0.2, -0.15) is 0 Å². The average Bonchev–Trinajstić information content (AvgIpc) is 2.92. The van der Waals surface area contributed by atoms with E-state index in [0.29, 0.717) is 19.8 Å². The maximum Gasteiger partial charge on any atom is 0.194 e. The first-order chi connectivity index (χ1) is 17.6. The van der Waals surface area contributed by atoms with Crippen molar-refractivity contribution in [1.82, 2.24) is 0 Å². The second-order valence-corrected chi connectivity index (χ2v) is 9.11. The fourth-order valence-corrected chi connectivity index (χ4v) is 4.52. The molecule has 1 aliphatic rings. The molecule has 6 nitrogen and oxygen atoms in total. The number of ether oxygens (including phenoxy) is 5. The number of methoxy groups -OCH3 is 1. The summed E-state index contributed by atoms with van der Waals surface area (Å²) in [5.41, 5.74) is 3.11. The summed E-state index contributed by atoms with van der Waals surface area (Å²) in [5, 5.41) is 0. The first kappa shape index (κ1) is 26.8. The minimum absolute atomic E-state index is 0.0938.